The summed E-state index contributed by atoms with van der Waals surface area (Å²) in [5.74, 6) is -0.610. The molecule has 154 valence electrons. The van der Waals surface area contributed by atoms with Gasteiger partial charge in [-0.1, -0.05) is 6.08 Å². The van der Waals surface area contributed by atoms with Crippen molar-refractivity contribution in [3.05, 3.63) is 78.0 Å². The molecule has 0 saturated heterocycles. The maximum absolute atomic E-state index is 12.9. The molecule has 3 aliphatic rings. The van der Waals surface area contributed by atoms with E-state index in [0.717, 1.165) is 4.57 Å². The van der Waals surface area contributed by atoms with Crippen LogP contribution >= 0.6 is 15.9 Å². The Morgan fingerprint density at radius 2 is 1.97 bits per heavy atom. The molecular formula is C20H16BrN3O6. The van der Waals surface area contributed by atoms with E-state index in [0.29, 0.717) is 28.2 Å². The minimum Gasteiger partial charge on any atom is -0.463 e. The fourth-order valence-electron chi connectivity index (χ4n) is 4.55. The summed E-state index contributed by atoms with van der Waals surface area (Å²) in [4.78, 5) is 51.1. The van der Waals surface area contributed by atoms with Crippen LogP contribution in [0.4, 0.5) is 0 Å². The molecule has 0 aromatic carbocycles. The van der Waals surface area contributed by atoms with Crippen LogP contribution in [0.1, 0.15) is 29.9 Å². The third-order valence-corrected chi connectivity index (χ3v) is 6.50. The number of carbonyl (C=O) groups is 2. The molecule has 1 aliphatic heterocycles. The van der Waals surface area contributed by atoms with Crippen molar-refractivity contribution in [2.75, 3.05) is 0 Å². The molecule has 2 unspecified atom stereocenters. The van der Waals surface area contributed by atoms with Crippen molar-refractivity contribution >= 4 is 27.5 Å². The van der Waals surface area contributed by atoms with Crippen molar-refractivity contribution < 1.29 is 19.1 Å². The van der Waals surface area contributed by atoms with Crippen molar-refractivity contribution in [3.8, 4) is 0 Å². The molecule has 3 heterocycles. The van der Waals surface area contributed by atoms with Crippen LogP contribution in [-0.4, -0.2) is 30.6 Å². The van der Waals surface area contributed by atoms with Gasteiger partial charge in [0.2, 0.25) is 0 Å². The number of halogens is 1. The van der Waals surface area contributed by atoms with Crippen molar-refractivity contribution in [3.63, 3.8) is 0 Å². The van der Waals surface area contributed by atoms with E-state index in [1.807, 2.05) is 6.08 Å². The quantitative estimate of drug-likeness (QED) is 0.509. The fraction of sp³-hybridized carbons (Fsp3) is 0.300. The van der Waals surface area contributed by atoms with Crippen LogP contribution in [-0.2, 0) is 29.8 Å². The van der Waals surface area contributed by atoms with Crippen molar-refractivity contribution in [2.45, 2.75) is 31.5 Å². The van der Waals surface area contributed by atoms with Gasteiger partial charge >= 0.3 is 11.4 Å². The molecule has 10 heteroatoms. The number of hydrogen-bond acceptors (Lipinski definition) is 6. The minimum absolute atomic E-state index is 0.113. The Morgan fingerprint density at radius 3 is 2.67 bits per heavy atom. The van der Waals surface area contributed by atoms with Gasteiger partial charge in [0, 0.05) is 30.7 Å². The number of aromatic nitrogens is 3. The number of Topliss-reactive ketones (excluding diaryl/α,β-unsaturated/α-hetero) is 1. The molecule has 0 bridgehead atoms. The molecular weight excluding hydrogens is 458 g/mol. The normalized spacial score (nSPS) is 23.0. The molecule has 2 atom stereocenters. The molecule has 0 spiro atoms. The van der Waals surface area contributed by atoms with Crippen LogP contribution in [0.3, 0.4) is 0 Å². The molecule has 2 aromatic heterocycles. The van der Waals surface area contributed by atoms with E-state index in [9.17, 15) is 24.3 Å². The minimum atomic E-state index is -0.691. The highest BCUT2D eigenvalue weighted by Gasteiger charge is 2.45. The van der Waals surface area contributed by atoms with Crippen LogP contribution in [0.5, 0.6) is 0 Å². The SMILES string of the molecule is Cn1c(=O)n2n(c1=O)C1CC3=C(C(=O)C=C(Br)C3=O)C(c3ccc(CO)o3)C1=CC2. The van der Waals surface area contributed by atoms with E-state index in [2.05, 4.69) is 15.9 Å². The lowest BCUT2D eigenvalue weighted by atomic mass is 9.70. The Bertz CT molecular complexity index is 1350. The van der Waals surface area contributed by atoms with Gasteiger partial charge in [0.1, 0.15) is 18.1 Å². The second-order valence-corrected chi connectivity index (χ2v) is 8.30. The topological polar surface area (TPSA) is 116 Å². The number of rotatable bonds is 2. The number of allylic oxidation sites excluding steroid dienone is 6. The van der Waals surface area contributed by atoms with E-state index >= 15 is 0 Å². The third kappa shape index (κ3) is 2.43. The Labute approximate surface area is 177 Å². The van der Waals surface area contributed by atoms with Crippen LogP contribution in [0.25, 0.3) is 0 Å². The number of aliphatic hydroxyl groups is 1. The van der Waals surface area contributed by atoms with Crippen molar-refractivity contribution in [1.82, 2.24) is 13.9 Å². The number of fused-ring (bicyclic) bond motifs is 3. The van der Waals surface area contributed by atoms with Gasteiger partial charge in [-0.15, -0.1) is 0 Å². The monoisotopic (exact) mass is 473 g/mol. The van der Waals surface area contributed by atoms with E-state index in [1.165, 1.54) is 22.5 Å². The summed E-state index contributed by atoms with van der Waals surface area (Å²) in [6.45, 7) is -0.147. The Hall–Kier alpha value is -2.98. The van der Waals surface area contributed by atoms with E-state index in [-0.39, 0.29) is 35.6 Å². The number of carbonyl (C=O) groups excluding carboxylic acids is 2. The second kappa shape index (κ2) is 6.51. The molecule has 0 fully saturated rings. The largest absolute Gasteiger partial charge is 0.463 e. The van der Waals surface area contributed by atoms with Crippen molar-refractivity contribution in [1.29, 1.82) is 0 Å². The Morgan fingerprint density at radius 1 is 1.20 bits per heavy atom. The zero-order valence-corrected chi connectivity index (χ0v) is 17.4. The van der Waals surface area contributed by atoms with Crippen LogP contribution in [0, 0.1) is 0 Å². The Balaban J connectivity index is 1.77. The average Bonchev–Trinajstić information content (AvgIpc) is 3.30. The van der Waals surface area contributed by atoms with Crippen LogP contribution in [0.2, 0.25) is 0 Å². The average molecular weight is 474 g/mol. The lowest BCUT2D eigenvalue weighted by Crippen LogP contribution is -2.40. The maximum Gasteiger partial charge on any atom is 0.347 e. The fourth-order valence-corrected chi connectivity index (χ4v) is 5.00. The van der Waals surface area contributed by atoms with Gasteiger partial charge in [-0.05, 0) is 33.6 Å². The molecule has 2 aliphatic carbocycles. The summed E-state index contributed by atoms with van der Waals surface area (Å²) in [6.07, 6.45) is 3.17. The molecule has 30 heavy (non-hydrogen) atoms. The van der Waals surface area contributed by atoms with E-state index < -0.39 is 23.3 Å². The van der Waals surface area contributed by atoms with Gasteiger partial charge in [0.25, 0.3) is 0 Å². The third-order valence-electron chi connectivity index (χ3n) is 5.91. The zero-order chi connectivity index (χ0) is 21.3. The number of ketones is 2. The first-order valence-electron chi connectivity index (χ1n) is 9.30. The molecule has 9 nitrogen and oxygen atoms in total. The van der Waals surface area contributed by atoms with Gasteiger partial charge in [-0.2, -0.15) is 0 Å². The first-order chi connectivity index (χ1) is 14.3. The lowest BCUT2D eigenvalue weighted by Gasteiger charge is -2.38. The number of furan rings is 1. The number of hydrogen-bond donors (Lipinski definition) is 1. The maximum atomic E-state index is 12.9. The van der Waals surface area contributed by atoms with Gasteiger partial charge in [-0.3, -0.25) is 9.59 Å². The highest BCUT2D eigenvalue weighted by molar-refractivity contribution is 9.12. The summed E-state index contributed by atoms with van der Waals surface area (Å²) in [6, 6.07) is 2.65. The molecule has 0 amide bonds. The second-order valence-electron chi connectivity index (χ2n) is 7.45. The first kappa shape index (κ1) is 19.0. The van der Waals surface area contributed by atoms with Gasteiger partial charge in [-0.25, -0.2) is 23.5 Å². The molecule has 1 N–H and O–H groups in total. The predicted molar refractivity (Wildman–Crippen MR) is 107 cm³/mol. The van der Waals surface area contributed by atoms with Crippen LogP contribution < -0.4 is 11.4 Å². The summed E-state index contributed by atoms with van der Waals surface area (Å²) in [7, 11) is 1.41. The molecule has 2 aromatic rings. The summed E-state index contributed by atoms with van der Waals surface area (Å²) in [5, 5.41) is 9.40. The first-order valence-corrected chi connectivity index (χ1v) is 10.1. The van der Waals surface area contributed by atoms with Crippen molar-refractivity contribution in [2.24, 2.45) is 7.05 Å². The summed E-state index contributed by atoms with van der Waals surface area (Å²) >= 11 is 3.16. The van der Waals surface area contributed by atoms with E-state index in [4.69, 9.17) is 4.42 Å². The highest BCUT2D eigenvalue weighted by atomic mass is 79.9. The van der Waals surface area contributed by atoms with Gasteiger partial charge < -0.3 is 9.52 Å². The molecule has 5 rings (SSSR count). The van der Waals surface area contributed by atoms with E-state index in [1.54, 1.807) is 12.1 Å². The lowest BCUT2D eigenvalue weighted by molar-refractivity contribution is -0.115. The van der Waals surface area contributed by atoms with Crippen LogP contribution in [0.15, 0.2) is 59.5 Å². The van der Waals surface area contributed by atoms with Gasteiger partial charge in [0.05, 0.1) is 23.0 Å². The predicted octanol–water partition coefficient (Wildman–Crippen LogP) is 0.830. The molecule has 0 saturated carbocycles. The summed E-state index contributed by atoms with van der Waals surface area (Å²) < 4.78 is 9.61. The summed E-state index contributed by atoms with van der Waals surface area (Å²) in [5.41, 5.74) is 0.384. The molecule has 0 radical (unpaired) electrons. The number of nitrogens with zero attached hydrogens (tertiary/aromatic N) is 3. The highest BCUT2D eigenvalue weighted by Crippen LogP contribution is 2.50. The standard InChI is InChI=1S/C20H16BrN3O6/c1-22-19(28)23-5-4-10-13(24(23)20(22)29)6-11-16(14(26)7-12(21)18(11)27)17(10)15-3-2-9(8-25)30-15/h2-4,7,13,17,25H,5-6,8H2,1H3. The Kier molecular flexibility index (Phi) is 4.13. The smallest absolute Gasteiger partial charge is 0.347 e. The zero-order valence-electron chi connectivity index (χ0n) is 15.8. The van der Waals surface area contributed by atoms with Gasteiger partial charge in [0.15, 0.2) is 11.6 Å². The number of aliphatic hydroxyl groups excluding tert-OH is 1.